The number of benzene rings is 1. The van der Waals surface area contributed by atoms with E-state index < -0.39 is 47.0 Å². The van der Waals surface area contributed by atoms with Crippen LogP contribution in [0.3, 0.4) is 0 Å². The second kappa shape index (κ2) is 8.33. The SMILES string of the molecule is CC1=NO[C@@]2(CC[C@H](C)N3C[C@H]2N2C=C(C(=O)NCc4ccc(F)cc4F)C(O)C(O)=C2C3=O)C1. The van der Waals surface area contributed by atoms with Gasteiger partial charge in [-0.15, -0.1) is 0 Å². The average molecular weight is 488 g/mol. The lowest BCUT2D eigenvalue weighted by Gasteiger charge is -2.48. The van der Waals surface area contributed by atoms with Gasteiger partial charge in [-0.2, -0.15) is 0 Å². The van der Waals surface area contributed by atoms with Crippen molar-refractivity contribution in [2.24, 2.45) is 5.16 Å². The fourth-order valence-corrected chi connectivity index (χ4v) is 5.33. The van der Waals surface area contributed by atoms with Gasteiger partial charge in [0, 0.05) is 43.4 Å². The van der Waals surface area contributed by atoms with Crippen molar-refractivity contribution in [3.63, 3.8) is 0 Å². The van der Waals surface area contributed by atoms with Gasteiger partial charge in [-0.05, 0) is 32.8 Å². The number of carbonyl (C=O) groups excluding carboxylic acids is 2. The highest BCUT2D eigenvalue weighted by Crippen LogP contribution is 2.44. The van der Waals surface area contributed by atoms with Crippen LogP contribution in [0.15, 0.2) is 46.6 Å². The lowest BCUT2D eigenvalue weighted by atomic mass is 9.83. The van der Waals surface area contributed by atoms with Crippen molar-refractivity contribution in [2.45, 2.75) is 63.4 Å². The number of fused-ring (bicyclic) bond motifs is 5. The Morgan fingerprint density at radius 1 is 1.37 bits per heavy atom. The van der Waals surface area contributed by atoms with Gasteiger partial charge in [0.05, 0.1) is 17.3 Å². The number of nitrogens with one attached hydrogen (secondary N) is 1. The van der Waals surface area contributed by atoms with Crippen LogP contribution < -0.4 is 5.32 Å². The predicted octanol–water partition coefficient (Wildman–Crippen LogP) is 1.84. The molecule has 1 aromatic rings. The van der Waals surface area contributed by atoms with Crippen molar-refractivity contribution in [3.05, 3.63) is 58.6 Å². The van der Waals surface area contributed by atoms with Crippen LogP contribution in [0.4, 0.5) is 8.78 Å². The highest BCUT2D eigenvalue weighted by Gasteiger charge is 2.57. The molecule has 0 radical (unpaired) electrons. The van der Waals surface area contributed by atoms with Crippen molar-refractivity contribution in [3.8, 4) is 0 Å². The molecule has 9 nitrogen and oxygen atoms in total. The summed E-state index contributed by atoms with van der Waals surface area (Å²) >= 11 is 0. The molecule has 2 saturated heterocycles. The molecule has 1 aromatic carbocycles. The van der Waals surface area contributed by atoms with Gasteiger partial charge in [0.2, 0.25) is 0 Å². The number of hydrogen-bond donors (Lipinski definition) is 3. The van der Waals surface area contributed by atoms with Crippen LogP contribution in [0, 0.1) is 11.6 Å². The van der Waals surface area contributed by atoms with Crippen LogP contribution in [0.2, 0.25) is 0 Å². The topological polar surface area (TPSA) is 115 Å². The minimum atomic E-state index is -1.75. The molecule has 1 spiro atoms. The van der Waals surface area contributed by atoms with E-state index in [0.29, 0.717) is 31.9 Å². The second-order valence-electron chi connectivity index (χ2n) is 9.57. The Morgan fingerprint density at radius 3 is 2.83 bits per heavy atom. The first kappa shape index (κ1) is 23.3. The van der Waals surface area contributed by atoms with E-state index in [1.165, 1.54) is 17.2 Å². The van der Waals surface area contributed by atoms with E-state index in [4.69, 9.17) is 4.84 Å². The number of oxime groups is 1. The number of aliphatic hydroxyl groups is 2. The standard InChI is InChI=1S/C24H26F2N4O5/c1-12-8-24(35-28-12)6-5-13(2)29-11-18(24)30-10-16(20(31)21(32)19(30)23(29)34)22(33)27-9-14-3-4-15(25)7-17(14)26/h3-4,7,10,13,18,20,31-32H,5-6,8-9,11H2,1-2H3,(H,27,33)/t13-,18+,20?,24-/m0/s1. The van der Waals surface area contributed by atoms with Gasteiger partial charge < -0.3 is 30.2 Å². The molecule has 0 aliphatic carbocycles. The molecular formula is C24H26F2N4O5. The minimum absolute atomic E-state index is 0.0542. The van der Waals surface area contributed by atoms with Gasteiger partial charge in [0.15, 0.2) is 11.4 Å². The molecule has 2 bridgehead atoms. The van der Waals surface area contributed by atoms with Gasteiger partial charge in [0.1, 0.15) is 23.4 Å². The molecular weight excluding hydrogens is 462 g/mol. The highest BCUT2D eigenvalue weighted by atomic mass is 19.1. The number of carbonyl (C=O) groups is 2. The van der Waals surface area contributed by atoms with E-state index in [0.717, 1.165) is 11.8 Å². The smallest absolute Gasteiger partial charge is 0.274 e. The Bertz CT molecular complexity index is 1200. The number of nitrogens with zero attached hydrogens (tertiary/aromatic N) is 3. The van der Waals surface area contributed by atoms with Crippen LogP contribution in [-0.4, -0.2) is 67.9 Å². The van der Waals surface area contributed by atoms with E-state index in [1.807, 2.05) is 13.8 Å². The molecule has 0 aromatic heterocycles. The van der Waals surface area contributed by atoms with E-state index in [-0.39, 0.29) is 29.4 Å². The molecule has 3 N–H and O–H groups in total. The first-order valence-corrected chi connectivity index (χ1v) is 11.5. The second-order valence-corrected chi connectivity index (χ2v) is 9.57. The quantitative estimate of drug-likeness (QED) is 0.598. The molecule has 4 heterocycles. The maximum absolute atomic E-state index is 14.0. The summed E-state index contributed by atoms with van der Waals surface area (Å²) in [7, 11) is 0. The normalized spacial score (nSPS) is 30.0. The van der Waals surface area contributed by atoms with Crippen molar-refractivity contribution in [1.82, 2.24) is 15.1 Å². The van der Waals surface area contributed by atoms with Crippen molar-refractivity contribution >= 4 is 17.5 Å². The lowest BCUT2D eigenvalue weighted by molar-refractivity contribution is -0.140. The van der Waals surface area contributed by atoms with Crippen molar-refractivity contribution < 1.29 is 33.4 Å². The van der Waals surface area contributed by atoms with E-state index in [1.54, 1.807) is 4.90 Å². The van der Waals surface area contributed by atoms with Crippen molar-refractivity contribution in [2.75, 3.05) is 6.54 Å². The number of aliphatic hydroxyl groups excluding tert-OH is 2. The summed E-state index contributed by atoms with van der Waals surface area (Å²) in [5.74, 6) is -3.40. The van der Waals surface area contributed by atoms with Crippen LogP contribution in [0.5, 0.6) is 0 Å². The van der Waals surface area contributed by atoms with Gasteiger partial charge in [-0.1, -0.05) is 11.2 Å². The highest BCUT2D eigenvalue weighted by molar-refractivity contribution is 5.99. The van der Waals surface area contributed by atoms with E-state index in [2.05, 4.69) is 10.5 Å². The predicted molar refractivity (Wildman–Crippen MR) is 120 cm³/mol. The largest absolute Gasteiger partial charge is 0.507 e. The maximum atomic E-state index is 14.0. The van der Waals surface area contributed by atoms with Crippen molar-refractivity contribution in [1.29, 1.82) is 0 Å². The van der Waals surface area contributed by atoms with Gasteiger partial charge >= 0.3 is 0 Å². The minimum Gasteiger partial charge on any atom is -0.507 e. The van der Waals surface area contributed by atoms with Crippen LogP contribution in [0.25, 0.3) is 0 Å². The average Bonchev–Trinajstić information content (AvgIpc) is 3.14. The summed E-state index contributed by atoms with van der Waals surface area (Å²) in [5.41, 5.74) is -0.220. The molecule has 1 unspecified atom stereocenters. The number of hydrogen-bond acceptors (Lipinski definition) is 7. The first-order valence-electron chi connectivity index (χ1n) is 11.5. The Labute approximate surface area is 200 Å². The molecule has 4 atom stereocenters. The number of halogens is 2. The third-order valence-corrected chi connectivity index (χ3v) is 7.28. The summed E-state index contributed by atoms with van der Waals surface area (Å²) < 4.78 is 27.1. The third-order valence-electron chi connectivity index (χ3n) is 7.28. The summed E-state index contributed by atoms with van der Waals surface area (Å²) in [6.07, 6.45) is 1.40. The zero-order chi connectivity index (χ0) is 25.1. The summed E-state index contributed by atoms with van der Waals surface area (Å²) in [6.45, 7) is 3.81. The fraction of sp³-hybridized carbons (Fsp3) is 0.458. The Kier molecular flexibility index (Phi) is 5.54. The molecule has 4 aliphatic rings. The molecule has 186 valence electrons. The third kappa shape index (κ3) is 3.74. The van der Waals surface area contributed by atoms with Crippen LogP contribution in [0.1, 0.15) is 38.7 Å². The summed E-state index contributed by atoms with van der Waals surface area (Å²) in [5, 5.41) is 28.3. The summed E-state index contributed by atoms with van der Waals surface area (Å²) in [6, 6.07) is 2.41. The maximum Gasteiger partial charge on any atom is 0.274 e. The molecule has 5 rings (SSSR count). The summed E-state index contributed by atoms with van der Waals surface area (Å²) in [4.78, 5) is 35.4. The molecule has 4 aliphatic heterocycles. The zero-order valence-electron chi connectivity index (χ0n) is 19.3. The van der Waals surface area contributed by atoms with E-state index in [9.17, 15) is 28.6 Å². The molecule has 2 fully saturated rings. The van der Waals surface area contributed by atoms with E-state index >= 15 is 0 Å². The Hall–Kier alpha value is -3.47. The zero-order valence-corrected chi connectivity index (χ0v) is 19.3. The van der Waals surface area contributed by atoms with Crippen LogP contribution in [-0.2, 0) is 21.0 Å². The molecule has 0 saturated carbocycles. The molecule has 2 amide bonds. The first-order chi connectivity index (χ1) is 16.6. The Morgan fingerprint density at radius 2 is 2.14 bits per heavy atom. The number of amides is 2. The molecule has 11 heteroatoms. The number of piperazine rings is 1. The fourth-order valence-electron chi connectivity index (χ4n) is 5.33. The van der Waals surface area contributed by atoms with Gasteiger partial charge in [-0.25, -0.2) is 8.78 Å². The van der Waals surface area contributed by atoms with Crippen LogP contribution >= 0.6 is 0 Å². The lowest BCUT2D eigenvalue weighted by Crippen LogP contribution is -2.62. The monoisotopic (exact) mass is 488 g/mol. The molecule has 35 heavy (non-hydrogen) atoms. The van der Waals surface area contributed by atoms with Gasteiger partial charge in [-0.3, -0.25) is 9.59 Å². The Balaban J connectivity index is 1.47. The van der Waals surface area contributed by atoms with Gasteiger partial charge in [0.25, 0.3) is 11.8 Å². The number of rotatable bonds is 3.